The fourth-order valence-corrected chi connectivity index (χ4v) is 1.12. The van der Waals surface area contributed by atoms with Crippen molar-refractivity contribution >= 4 is 23.1 Å². The maximum absolute atomic E-state index is 5.56. The summed E-state index contributed by atoms with van der Waals surface area (Å²) in [6.45, 7) is 0. The maximum Gasteiger partial charge on any atom is 0.229 e. The fraction of sp³-hybridized carbons (Fsp3) is 0. The Labute approximate surface area is 87.2 Å². The van der Waals surface area contributed by atoms with Crippen LogP contribution in [-0.4, -0.2) is 9.97 Å². The van der Waals surface area contributed by atoms with Crippen LogP contribution in [0.4, 0.5) is 23.1 Å². The molecule has 0 saturated carbocycles. The zero-order valence-corrected chi connectivity index (χ0v) is 8.01. The molecule has 0 fully saturated rings. The van der Waals surface area contributed by atoms with Crippen LogP contribution in [0, 0.1) is 0 Å². The Bertz CT molecular complexity index is 455. The molecule has 0 amide bonds. The second-order valence-corrected chi connectivity index (χ2v) is 3.03. The minimum atomic E-state index is 0.281. The van der Waals surface area contributed by atoms with Gasteiger partial charge in [0.2, 0.25) is 5.95 Å². The molecule has 1 aromatic carbocycles. The van der Waals surface area contributed by atoms with Gasteiger partial charge in [0.25, 0.3) is 0 Å². The van der Waals surface area contributed by atoms with Crippen molar-refractivity contribution in [3.63, 3.8) is 0 Å². The molecular formula is C10H11N5. The number of hydrogen-bond donors (Lipinski definition) is 3. The summed E-state index contributed by atoms with van der Waals surface area (Å²) in [5.74, 6) is 0.719. The van der Waals surface area contributed by atoms with Crippen LogP contribution in [-0.2, 0) is 0 Å². The molecule has 0 radical (unpaired) electrons. The first-order chi connectivity index (χ1) is 7.25. The van der Waals surface area contributed by atoms with Crippen LogP contribution in [0.1, 0.15) is 0 Å². The van der Waals surface area contributed by atoms with Gasteiger partial charge in [0, 0.05) is 5.69 Å². The molecule has 1 heterocycles. The lowest BCUT2D eigenvalue weighted by Gasteiger charge is -2.05. The Morgan fingerprint density at radius 1 is 1.07 bits per heavy atom. The van der Waals surface area contributed by atoms with Gasteiger partial charge in [-0.2, -0.15) is 4.98 Å². The van der Waals surface area contributed by atoms with Crippen LogP contribution in [0.25, 0.3) is 0 Å². The van der Waals surface area contributed by atoms with E-state index in [0.29, 0.717) is 11.6 Å². The summed E-state index contributed by atoms with van der Waals surface area (Å²) in [5, 5.41) is 3.01. The fourth-order valence-electron chi connectivity index (χ4n) is 1.12. The topological polar surface area (TPSA) is 89.8 Å². The first kappa shape index (κ1) is 9.26. The lowest BCUT2D eigenvalue weighted by molar-refractivity contribution is 1.18. The molecule has 5 N–H and O–H groups in total. The molecule has 0 bridgehead atoms. The van der Waals surface area contributed by atoms with Gasteiger partial charge in [-0.05, 0) is 12.1 Å². The first-order valence-corrected chi connectivity index (χ1v) is 4.46. The predicted octanol–water partition coefficient (Wildman–Crippen LogP) is 1.38. The summed E-state index contributed by atoms with van der Waals surface area (Å²) in [5.41, 5.74) is 12.3. The van der Waals surface area contributed by atoms with Crippen LogP contribution in [0.15, 0.2) is 36.5 Å². The lowest BCUT2D eigenvalue weighted by atomic mass is 10.3. The molecule has 0 spiro atoms. The average Bonchev–Trinajstić information content (AvgIpc) is 2.25. The molecule has 0 aliphatic heterocycles. The molecule has 2 aromatic rings. The minimum Gasteiger partial charge on any atom is -0.394 e. The van der Waals surface area contributed by atoms with E-state index in [9.17, 15) is 0 Å². The zero-order valence-electron chi connectivity index (χ0n) is 8.01. The van der Waals surface area contributed by atoms with Gasteiger partial charge >= 0.3 is 0 Å². The van der Waals surface area contributed by atoms with Crippen LogP contribution >= 0.6 is 0 Å². The highest BCUT2D eigenvalue weighted by molar-refractivity contribution is 5.61. The smallest absolute Gasteiger partial charge is 0.229 e. The van der Waals surface area contributed by atoms with E-state index in [1.165, 1.54) is 6.20 Å². The highest BCUT2D eigenvalue weighted by atomic mass is 15.1. The average molecular weight is 201 g/mol. The van der Waals surface area contributed by atoms with Gasteiger partial charge in [0.15, 0.2) is 5.82 Å². The zero-order chi connectivity index (χ0) is 10.7. The standard InChI is InChI=1S/C10H11N5/c11-8-6-13-10(15-9(8)12)14-7-4-2-1-3-5-7/h1-6H,11H2,(H3,12,13,14,15). The van der Waals surface area contributed by atoms with Gasteiger partial charge in [-0.3, -0.25) is 0 Å². The third kappa shape index (κ3) is 2.14. The Hall–Kier alpha value is -2.30. The number of rotatable bonds is 2. The van der Waals surface area contributed by atoms with E-state index in [0.717, 1.165) is 5.69 Å². The molecule has 2 rings (SSSR count). The molecule has 76 valence electrons. The molecular weight excluding hydrogens is 190 g/mol. The van der Waals surface area contributed by atoms with Gasteiger partial charge in [0.05, 0.1) is 11.9 Å². The Balaban J connectivity index is 2.22. The molecule has 5 nitrogen and oxygen atoms in total. The minimum absolute atomic E-state index is 0.281. The highest BCUT2D eigenvalue weighted by Crippen LogP contribution is 2.15. The van der Waals surface area contributed by atoms with Crippen LogP contribution in [0.3, 0.4) is 0 Å². The van der Waals surface area contributed by atoms with Crippen molar-refractivity contribution < 1.29 is 0 Å². The lowest BCUT2D eigenvalue weighted by Crippen LogP contribution is -2.03. The molecule has 0 aliphatic carbocycles. The van der Waals surface area contributed by atoms with E-state index in [4.69, 9.17) is 11.5 Å². The Morgan fingerprint density at radius 3 is 2.47 bits per heavy atom. The van der Waals surface area contributed by atoms with Crippen molar-refractivity contribution in [1.29, 1.82) is 0 Å². The van der Waals surface area contributed by atoms with E-state index in [1.807, 2.05) is 30.3 Å². The summed E-state index contributed by atoms with van der Waals surface area (Å²) < 4.78 is 0. The van der Waals surface area contributed by atoms with Gasteiger partial charge < -0.3 is 16.8 Å². The Kier molecular flexibility index (Phi) is 2.37. The van der Waals surface area contributed by atoms with E-state index in [-0.39, 0.29) is 5.82 Å². The number of benzene rings is 1. The van der Waals surface area contributed by atoms with Crippen molar-refractivity contribution in [2.45, 2.75) is 0 Å². The van der Waals surface area contributed by atoms with Crippen LogP contribution in [0.5, 0.6) is 0 Å². The molecule has 0 saturated heterocycles. The van der Waals surface area contributed by atoms with Gasteiger partial charge in [-0.25, -0.2) is 4.98 Å². The van der Waals surface area contributed by atoms with E-state index in [1.54, 1.807) is 0 Å². The quantitative estimate of drug-likeness (QED) is 0.683. The van der Waals surface area contributed by atoms with Crippen LogP contribution < -0.4 is 16.8 Å². The summed E-state index contributed by atoms with van der Waals surface area (Å²) in [6.07, 6.45) is 1.48. The molecule has 0 atom stereocenters. The van der Waals surface area contributed by atoms with E-state index in [2.05, 4.69) is 15.3 Å². The van der Waals surface area contributed by atoms with Crippen molar-refractivity contribution in [1.82, 2.24) is 9.97 Å². The largest absolute Gasteiger partial charge is 0.394 e. The van der Waals surface area contributed by atoms with Gasteiger partial charge in [0.1, 0.15) is 0 Å². The first-order valence-electron chi connectivity index (χ1n) is 4.46. The van der Waals surface area contributed by atoms with Gasteiger partial charge in [-0.15, -0.1) is 0 Å². The summed E-state index contributed by atoms with van der Waals surface area (Å²) in [4.78, 5) is 8.01. The van der Waals surface area contributed by atoms with Crippen molar-refractivity contribution in [3.05, 3.63) is 36.5 Å². The highest BCUT2D eigenvalue weighted by Gasteiger charge is 2.00. The number of nitrogen functional groups attached to an aromatic ring is 2. The number of para-hydroxylation sites is 1. The molecule has 1 aromatic heterocycles. The number of nitrogens with zero attached hydrogens (tertiary/aromatic N) is 2. The molecule has 0 unspecified atom stereocenters. The van der Waals surface area contributed by atoms with Crippen molar-refractivity contribution in [2.24, 2.45) is 0 Å². The monoisotopic (exact) mass is 201 g/mol. The second kappa shape index (κ2) is 3.83. The number of nitrogens with two attached hydrogens (primary N) is 2. The predicted molar refractivity (Wildman–Crippen MR) is 60.6 cm³/mol. The van der Waals surface area contributed by atoms with Gasteiger partial charge in [-0.1, -0.05) is 18.2 Å². The maximum atomic E-state index is 5.56. The molecule has 5 heteroatoms. The van der Waals surface area contributed by atoms with E-state index < -0.39 is 0 Å². The third-order valence-corrected chi connectivity index (χ3v) is 1.88. The number of anilines is 4. The van der Waals surface area contributed by atoms with Crippen molar-refractivity contribution in [2.75, 3.05) is 16.8 Å². The van der Waals surface area contributed by atoms with Crippen molar-refractivity contribution in [3.8, 4) is 0 Å². The molecule has 15 heavy (non-hydrogen) atoms. The van der Waals surface area contributed by atoms with Crippen LogP contribution in [0.2, 0.25) is 0 Å². The summed E-state index contributed by atoms with van der Waals surface area (Å²) in [6, 6.07) is 9.60. The number of hydrogen-bond acceptors (Lipinski definition) is 5. The summed E-state index contributed by atoms with van der Waals surface area (Å²) in [7, 11) is 0. The SMILES string of the molecule is Nc1cnc(Nc2ccccc2)nc1N. The number of nitrogens with one attached hydrogen (secondary N) is 1. The Morgan fingerprint density at radius 2 is 1.80 bits per heavy atom. The summed E-state index contributed by atoms with van der Waals surface area (Å²) >= 11 is 0. The van der Waals surface area contributed by atoms with E-state index >= 15 is 0 Å². The third-order valence-electron chi connectivity index (χ3n) is 1.88. The normalized spacial score (nSPS) is 9.87. The second-order valence-electron chi connectivity index (χ2n) is 3.03. The number of aromatic nitrogens is 2. The molecule has 0 aliphatic rings.